The van der Waals surface area contributed by atoms with Crippen molar-refractivity contribution in [1.82, 2.24) is 15.5 Å². The molecule has 1 aromatic carbocycles. The van der Waals surface area contributed by atoms with Crippen LogP contribution in [0, 0.1) is 6.92 Å². The summed E-state index contributed by atoms with van der Waals surface area (Å²) in [5, 5.41) is 7.84. The number of ether oxygens (including phenoxy) is 1. The van der Waals surface area contributed by atoms with Crippen molar-refractivity contribution in [2.45, 2.75) is 70.8 Å². The maximum Gasteiger partial charge on any atom is 0.223 e. The summed E-state index contributed by atoms with van der Waals surface area (Å²) < 4.78 is 11.1. The fourth-order valence-corrected chi connectivity index (χ4v) is 3.59. The minimum Gasteiger partial charge on any atom is -0.494 e. The van der Waals surface area contributed by atoms with Gasteiger partial charge >= 0.3 is 0 Å². The SMILES string of the molecule is Cc1nc(C2(NCCCOc3ccc(C(C)(C)C)cc3)CCCC2)no1. The van der Waals surface area contributed by atoms with Crippen LogP contribution in [0.3, 0.4) is 0 Å². The molecule has 1 aromatic heterocycles. The maximum atomic E-state index is 5.89. The zero-order valence-electron chi connectivity index (χ0n) is 16.5. The third-order valence-corrected chi connectivity index (χ3v) is 5.19. The minimum absolute atomic E-state index is 0.119. The largest absolute Gasteiger partial charge is 0.494 e. The van der Waals surface area contributed by atoms with E-state index in [9.17, 15) is 0 Å². The van der Waals surface area contributed by atoms with Gasteiger partial charge in [0.25, 0.3) is 0 Å². The van der Waals surface area contributed by atoms with Gasteiger partial charge in [-0.05, 0) is 48.9 Å². The topological polar surface area (TPSA) is 60.2 Å². The first kappa shape index (κ1) is 18.9. The van der Waals surface area contributed by atoms with Crippen LogP contribution in [0.15, 0.2) is 28.8 Å². The standard InChI is InChI=1S/C21H31N3O2/c1-16-23-19(24-26-16)21(12-5-6-13-21)22-14-7-15-25-18-10-8-17(9-11-18)20(2,3)4/h8-11,22H,5-7,12-15H2,1-4H3. The second-order valence-corrected chi connectivity index (χ2v) is 8.33. The quantitative estimate of drug-likeness (QED) is 0.739. The Kier molecular flexibility index (Phi) is 5.66. The Balaban J connectivity index is 1.46. The number of rotatable bonds is 7. The predicted molar refractivity (Wildman–Crippen MR) is 102 cm³/mol. The Hall–Kier alpha value is -1.88. The molecule has 1 aliphatic carbocycles. The van der Waals surface area contributed by atoms with Crippen LogP contribution >= 0.6 is 0 Å². The molecule has 1 saturated carbocycles. The van der Waals surface area contributed by atoms with E-state index in [0.717, 1.165) is 37.4 Å². The van der Waals surface area contributed by atoms with E-state index in [4.69, 9.17) is 9.26 Å². The molecule has 5 nitrogen and oxygen atoms in total. The third-order valence-electron chi connectivity index (χ3n) is 5.19. The zero-order chi connectivity index (χ0) is 18.6. The molecule has 3 rings (SSSR count). The lowest BCUT2D eigenvalue weighted by molar-refractivity contribution is 0.270. The van der Waals surface area contributed by atoms with E-state index < -0.39 is 0 Å². The molecule has 26 heavy (non-hydrogen) atoms. The third kappa shape index (κ3) is 4.44. The smallest absolute Gasteiger partial charge is 0.223 e. The molecular weight excluding hydrogens is 326 g/mol. The Morgan fingerprint density at radius 3 is 2.42 bits per heavy atom. The normalized spacial score (nSPS) is 16.8. The highest BCUT2D eigenvalue weighted by Gasteiger charge is 2.39. The molecule has 2 aromatic rings. The summed E-state index contributed by atoms with van der Waals surface area (Å²) in [6, 6.07) is 8.43. The van der Waals surface area contributed by atoms with Crippen LogP contribution < -0.4 is 10.1 Å². The van der Waals surface area contributed by atoms with Crippen molar-refractivity contribution in [3.8, 4) is 5.75 Å². The van der Waals surface area contributed by atoms with E-state index in [0.29, 0.717) is 12.5 Å². The van der Waals surface area contributed by atoms with E-state index in [1.165, 1.54) is 18.4 Å². The van der Waals surface area contributed by atoms with Gasteiger partial charge in [0.2, 0.25) is 5.89 Å². The highest BCUT2D eigenvalue weighted by Crippen LogP contribution is 2.37. The number of nitrogens with zero attached hydrogens (tertiary/aromatic N) is 2. The number of aromatic nitrogens is 2. The summed E-state index contributed by atoms with van der Waals surface area (Å²) in [5.74, 6) is 2.38. The van der Waals surface area contributed by atoms with E-state index >= 15 is 0 Å². The Labute approximate surface area is 156 Å². The van der Waals surface area contributed by atoms with Crippen LogP contribution in [0.1, 0.15) is 70.2 Å². The van der Waals surface area contributed by atoms with Crippen LogP contribution in [0.4, 0.5) is 0 Å². The summed E-state index contributed by atoms with van der Waals surface area (Å²) in [7, 11) is 0. The fraction of sp³-hybridized carbons (Fsp3) is 0.619. The summed E-state index contributed by atoms with van der Waals surface area (Å²) in [6.07, 6.45) is 5.50. The molecule has 0 bridgehead atoms. The van der Waals surface area contributed by atoms with Gasteiger partial charge in [0.15, 0.2) is 5.82 Å². The first-order chi connectivity index (χ1) is 12.4. The van der Waals surface area contributed by atoms with E-state index in [2.05, 4.69) is 60.5 Å². The van der Waals surface area contributed by atoms with Crippen molar-refractivity contribution < 1.29 is 9.26 Å². The van der Waals surface area contributed by atoms with Crippen LogP contribution in [0.2, 0.25) is 0 Å². The number of hydrogen-bond donors (Lipinski definition) is 1. The Morgan fingerprint density at radius 2 is 1.85 bits per heavy atom. The second-order valence-electron chi connectivity index (χ2n) is 8.33. The van der Waals surface area contributed by atoms with Gasteiger partial charge in [-0.3, -0.25) is 0 Å². The molecule has 0 spiro atoms. The van der Waals surface area contributed by atoms with Gasteiger partial charge in [0, 0.05) is 6.92 Å². The predicted octanol–water partition coefficient (Wildman–Crippen LogP) is 4.50. The first-order valence-electron chi connectivity index (χ1n) is 9.68. The molecular formula is C21H31N3O2. The molecule has 0 atom stereocenters. The zero-order valence-corrected chi connectivity index (χ0v) is 16.5. The summed E-state index contributed by atoms with van der Waals surface area (Å²) in [4.78, 5) is 4.47. The van der Waals surface area contributed by atoms with Gasteiger partial charge < -0.3 is 14.6 Å². The molecule has 5 heteroatoms. The molecule has 0 unspecified atom stereocenters. The highest BCUT2D eigenvalue weighted by atomic mass is 16.5. The lowest BCUT2D eigenvalue weighted by Gasteiger charge is -2.26. The Bertz CT molecular complexity index is 695. The number of aryl methyl sites for hydroxylation is 1. The van der Waals surface area contributed by atoms with Crippen molar-refractivity contribution >= 4 is 0 Å². The fourth-order valence-electron chi connectivity index (χ4n) is 3.59. The lowest BCUT2D eigenvalue weighted by atomic mass is 9.87. The Morgan fingerprint density at radius 1 is 1.15 bits per heavy atom. The monoisotopic (exact) mass is 357 g/mol. The van der Waals surface area contributed by atoms with E-state index in [-0.39, 0.29) is 11.0 Å². The summed E-state index contributed by atoms with van der Waals surface area (Å²) >= 11 is 0. The molecule has 0 saturated heterocycles. The van der Waals surface area contributed by atoms with Gasteiger partial charge in [0.1, 0.15) is 5.75 Å². The van der Waals surface area contributed by atoms with E-state index in [1.807, 2.05) is 6.92 Å². The molecule has 142 valence electrons. The van der Waals surface area contributed by atoms with Crippen LogP contribution in [-0.4, -0.2) is 23.3 Å². The molecule has 1 aliphatic rings. The van der Waals surface area contributed by atoms with Gasteiger partial charge in [-0.2, -0.15) is 4.98 Å². The van der Waals surface area contributed by atoms with Crippen LogP contribution in [0.25, 0.3) is 0 Å². The highest BCUT2D eigenvalue weighted by molar-refractivity contribution is 5.31. The van der Waals surface area contributed by atoms with Crippen molar-refractivity contribution in [3.05, 3.63) is 41.5 Å². The molecule has 1 N–H and O–H groups in total. The second kappa shape index (κ2) is 7.78. The number of benzene rings is 1. The molecule has 0 amide bonds. The summed E-state index contributed by atoms with van der Waals surface area (Å²) in [5.41, 5.74) is 1.38. The molecule has 1 fully saturated rings. The van der Waals surface area contributed by atoms with Crippen molar-refractivity contribution in [2.24, 2.45) is 0 Å². The van der Waals surface area contributed by atoms with E-state index in [1.54, 1.807) is 0 Å². The first-order valence-corrected chi connectivity index (χ1v) is 9.68. The van der Waals surface area contributed by atoms with Gasteiger partial charge in [-0.15, -0.1) is 0 Å². The van der Waals surface area contributed by atoms with Crippen LogP contribution in [-0.2, 0) is 11.0 Å². The minimum atomic E-state index is -0.119. The van der Waals surface area contributed by atoms with Gasteiger partial charge in [0.05, 0.1) is 12.1 Å². The van der Waals surface area contributed by atoms with Gasteiger partial charge in [-0.25, -0.2) is 0 Å². The molecule has 0 aliphatic heterocycles. The number of hydrogen-bond acceptors (Lipinski definition) is 5. The maximum absolute atomic E-state index is 5.89. The van der Waals surface area contributed by atoms with Crippen molar-refractivity contribution in [3.63, 3.8) is 0 Å². The lowest BCUT2D eigenvalue weighted by Crippen LogP contribution is -2.41. The molecule has 0 radical (unpaired) electrons. The van der Waals surface area contributed by atoms with Gasteiger partial charge in [-0.1, -0.05) is 50.9 Å². The van der Waals surface area contributed by atoms with Crippen molar-refractivity contribution in [1.29, 1.82) is 0 Å². The molecule has 1 heterocycles. The van der Waals surface area contributed by atoms with Crippen LogP contribution in [0.5, 0.6) is 5.75 Å². The van der Waals surface area contributed by atoms with Crippen molar-refractivity contribution in [2.75, 3.05) is 13.2 Å². The average Bonchev–Trinajstić information content (AvgIpc) is 3.24. The summed E-state index contributed by atoms with van der Waals surface area (Å²) in [6.45, 7) is 10.1. The number of nitrogens with one attached hydrogen (secondary N) is 1. The average molecular weight is 357 g/mol.